The van der Waals surface area contributed by atoms with Gasteiger partial charge in [-0.1, -0.05) is 17.7 Å². The van der Waals surface area contributed by atoms with Crippen molar-refractivity contribution in [2.45, 2.75) is 6.54 Å². The predicted molar refractivity (Wildman–Crippen MR) is 82.3 cm³/mol. The second kappa shape index (κ2) is 7.56. The van der Waals surface area contributed by atoms with E-state index in [0.717, 1.165) is 11.3 Å². The quantitative estimate of drug-likeness (QED) is 0.846. The van der Waals surface area contributed by atoms with E-state index in [1.165, 1.54) is 7.11 Å². The minimum absolute atomic E-state index is 0.363. The molecule has 0 amide bonds. The van der Waals surface area contributed by atoms with Crippen LogP contribution in [0.3, 0.4) is 0 Å². The first-order valence-corrected chi connectivity index (χ1v) is 6.95. The lowest BCUT2D eigenvalue weighted by Crippen LogP contribution is -2.29. The van der Waals surface area contributed by atoms with E-state index >= 15 is 0 Å². The number of carbonyl (C=O) groups excluding carboxylic acids is 1. The summed E-state index contributed by atoms with van der Waals surface area (Å²) in [6.45, 7) is 0.0670. The van der Waals surface area contributed by atoms with Gasteiger partial charge in [-0.3, -0.25) is 0 Å². The largest absolute Gasteiger partial charge is 0.546 e. The summed E-state index contributed by atoms with van der Waals surface area (Å²) in [6.07, 6.45) is 0. The fraction of sp³-hybridized carbons (Fsp3) is 0.188. The Morgan fingerprint density at radius 2 is 1.91 bits per heavy atom. The van der Waals surface area contributed by atoms with Crippen LogP contribution in [0.2, 0.25) is 5.02 Å². The van der Waals surface area contributed by atoms with E-state index in [-0.39, 0.29) is 0 Å². The number of anilines is 1. The first-order chi connectivity index (χ1) is 10.6. The van der Waals surface area contributed by atoms with Gasteiger partial charge in [0.05, 0.1) is 13.1 Å². The van der Waals surface area contributed by atoms with Gasteiger partial charge in [-0.05, 0) is 42.0 Å². The highest BCUT2D eigenvalue weighted by atomic mass is 35.5. The predicted octanol–water partition coefficient (Wildman–Crippen LogP) is 2.09. The molecule has 0 unspecified atom stereocenters. The second-order valence-electron chi connectivity index (χ2n) is 4.51. The molecule has 0 aromatic heterocycles. The van der Waals surface area contributed by atoms with E-state index in [1.807, 2.05) is 18.2 Å². The molecule has 0 spiro atoms. The van der Waals surface area contributed by atoms with E-state index in [4.69, 9.17) is 21.1 Å². The van der Waals surface area contributed by atoms with Crippen molar-refractivity contribution in [1.29, 1.82) is 0 Å². The third-order valence-corrected chi connectivity index (χ3v) is 3.17. The van der Waals surface area contributed by atoms with Crippen LogP contribution in [0.25, 0.3) is 0 Å². The van der Waals surface area contributed by atoms with Gasteiger partial charge in [0.25, 0.3) is 0 Å². The van der Waals surface area contributed by atoms with Gasteiger partial charge in [0.15, 0.2) is 11.5 Å². The lowest BCUT2D eigenvalue weighted by Gasteiger charge is -2.13. The number of carboxylic acids is 1. The summed E-state index contributed by atoms with van der Waals surface area (Å²) in [5.74, 6) is -0.450. The summed E-state index contributed by atoms with van der Waals surface area (Å²) < 4.78 is 10.3. The summed E-state index contributed by atoms with van der Waals surface area (Å²) in [5, 5.41) is 14.4. The minimum atomic E-state index is -1.28. The topological polar surface area (TPSA) is 70.6 Å². The van der Waals surface area contributed by atoms with Crippen LogP contribution < -0.4 is 19.9 Å². The number of methoxy groups -OCH3 is 1. The zero-order valence-corrected chi connectivity index (χ0v) is 12.7. The molecule has 22 heavy (non-hydrogen) atoms. The molecule has 0 aliphatic rings. The van der Waals surface area contributed by atoms with Crippen molar-refractivity contribution in [3.63, 3.8) is 0 Å². The van der Waals surface area contributed by atoms with Gasteiger partial charge in [-0.2, -0.15) is 0 Å². The highest BCUT2D eigenvalue weighted by Gasteiger charge is 2.06. The van der Waals surface area contributed by atoms with Crippen LogP contribution in [0.15, 0.2) is 42.5 Å². The van der Waals surface area contributed by atoms with Crippen molar-refractivity contribution in [3.8, 4) is 11.5 Å². The van der Waals surface area contributed by atoms with Crippen LogP contribution in [0.4, 0.5) is 5.69 Å². The number of ether oxygens (including phenoxy) is 2. The number of hydrogen-bond donors (Lipinski definition) is 1. The Bertz CT molecular complexity index is 643. The Morgan fingerprint density at radius 3 is 2.55 bits per heavy atom. The molecule has 0 atom stereocenters. The number of carbonyl (C=O) groups is 1. The molecule has 0 saturated heterocycles. The Kier molecular flexibility index (Phi) is 5.49. The Labute approximate surface area is 133 Å². The maximum atomic E-state index is 10.4. The molecule has 0 aliphatic heterocycles. The van der Waals surface area contributed by atoms with Crippen molar-refractivity contribution < 1.29 is 19.4 Å². The Morgan fingerprint density at radius 1 is 1.18 bits per heavy atom. The van der Waals surface area contributed by atoms with Crippen molar-refractivity contribution in [3.05, 3.63) is 53.1 Å². The molecule has 116 valence electrons. The molecule has 2 rings (SSSR count). The summed E-state index contributed by atoms with van der Waals surface area (Å²) >= 11 is 5.83. The first-order valence-electron chi connectivity index (χ1n) is 6.57. The molecule has 0 heterocycles. The van der Waals surface area contributed by atoms with Gasteiger partial charge in [0, 0.05) is 17.3 Å². The number of halogens is 1. The maximum absolute atomic E-state index is 10.4. The molecule has 6 heteroatoms. The fourth-order valence-corrected chi connectivity index (χ4v) is 1.98. The lowest BCUT2D eigenvalue weighted by molar-refractivity contribution is -0.307. The van der Waals surface area contributed by atoms with Crippen molar-refractivity contribution in [2.24, 2.45) is 0 Å². The molecule has 0 bridgehead atoms. The molecule has 0 saturated carbocycles. The standard InChI is InChI=1S/C16H16ClNO4/c1-21-15-8-11(2-7-14(15)22-10-16(19)20)9-18-13-5-3-12(17)4-6-13/h2-8,18H,9-10H2,1H3,(H,19,20)/p-1. The van der Waals surface area contributed by atoms with Crippen LogP contribution in [-0.4, -0.2) is 19.7 Å². The zero-order valence-electron chi connectivity index (χ0n) is 12.0. The van der Waals surface area contributed by atoms with E-state index in [2.05, 4.69) is 5.32 Å². The van der Waals surface area contributed by atoms with Gasteiger partial charge >= 0.3 is 0 Å². The van der Waals surface area contributed by atoms with Crippen LogP contribution in [0, 0.1) is 0 Å². The van der Waals surface area contributed by atoms with Gasteiger partial charge < -0.3 is 24.7 Å². The maximum Gasteiger partial charge on any atom is 0.161 e. The number of rotatable bonds is 7. The number of benzene rings is 2. The lowest BCUT2D eigenvalue weighted by atomic mass is 10.2. The van der Waals surface area contributed by atoms with E-state index < -0.39 is 12.6 Å². The van der Waals surface area contributed by atoms with Gasteiger partial charge in [-0.15, -0.1) is 0 Å². The fourth-order valence-electron chi connectivity index (χ4n) is 1.85. The normalized spacial score (nSPS) is 10.1. The monoisotopic (exact) mass is 320 g/mol. The van der Waals surface area contributed by atoms with E-state index in [9.17, 15) is 9.90 Å². The highest BCUT2D eigenvalue weighted by molar-refractivity contribution is 6.30. The van der Waals surface area contributed by atoms with Crippen LogP contribution in [-0.2, 0) is 11.3 Å². The number of carboxylic acid groups (broad SMARTS) is 1. The molecule has 2 aromatic rings. The minimum Gasteiger partial charge on any atom is -0.546 e. The van der Waals surface area contributed by atoms with Crippen molar-refractivity contribution >= 4 is 23.3 Å². The molecule has 1 N–H and O–H groups in total. The number of hydrogen-bond acceptors (Lipinski definition) is 5. The van der Waals surface area contributed by atoms with Crippen LogP contribution in [0.5, 0.6) is 11.5 Å². The molecule has 2 aromatic carbocycles. The molecular formula is C16H15ClNO4-. The van der Waals surface area contributed by atoms with Crippen LogP contribution in [0.1, 0.15) is 5.56 Å². The van der Waals surface area contributed by atoms with Gasteiger partial charge in [0.2, 0.25) is 0 Å². The summed E-state index contributed by atoms with van der Waals surface area (Å²) in [6, 6.07) is 12.7. The first kappa shape index (κ1) is 16.0. The summed E-state index contributed by atoms with van der Waals surface area (Å²) in [4.78, 5) is 10.4. The highest BCUT2D eigenvalue weighted by Crippen LogP contribution is 2.28. The van der Waals surface area contributed by atoms with E-state index in [0.29, 0.717) is 23.1 Å². The molecule has 0 radical (unpaired) electrons. The van der Waals surface area contributed by atoms with Gasteiger partial charge in [0.1, 0.15) is 6.61 Å². The third-order valence-electron chi connectivity index (χ3n) is 2.91. The molecule has 0 fully saturated rings. The Balaban J connectivity index is 2.02. The summed E-state index contributed by atoms with van der Waals surface area (Å²) in [5.41, 5.74) is 1.91. The SMILES string of the molecule is COc1cc(CNc2ccc(Cl)cc2)ccc1OCC(=O)[O-]. The molecule has 5 nitrogen and oxygen atoms in total. The Hall–Kier alpha value is -2.40. The smallest absolute Gasteiger partial charge is 0.161 e. The number of nitrogens with one attached hydrogen (secondary N) is 1. The molecular weight excluding hydrogens is 306 g/mol. The van der Waals surface area contributed by atoms with Crippen molar-refractivity contribution in [1.82, 2.24) is 0 Å². The summed E-state index contributed by atoms with van der Waals surface area (Å²) in [7, 11) is 1.50. The number of aliphatic carboxylic acids is 1. The van der Waals surface area contributed by atoms with E-state index in [1.54, 1.807) is 24.3 Å². The average molecular weight is 321 g/mol. The van der Waals surface area contributed by atoms with Gasteiger partial charge in [-0.25, -0.2) is 0 Å². The molecule has 0 aliphatic carbocycles. The van der Waals surface area contributed by atoms with Crippen molar-refractivity contribution in [2.75, 3.05) is 19.0 Å². The van der Waals surface area contributed by atoms with Crippen LogP contribution >= 0.6 is 11.6 Å². The second-order valence-corrected chi connectivity index (χ2v) is 4.94. The third kappa shape index (κ3) is 4.56. The average Bonchev–Trinajstić information content (AvgIpc) is 2.52. The zero-order chi connectivity index (χ0) is 15.9.